The van der Waals surface area contributed by atoms with Crippen molar-refractivity contribution in [2.75, 3.05) is 0 Å². The summed E-state index contributed by atoms with van der Waals surface area (Å²) in [6, 6.07) is 15.1. The Hall–Kier alpha value is -1.20. The molecule has 0 N–H and O–H groups in total. The molecule has 0 fully saturated rings. The Morgan fingerprint density at radius 3 is 1.06 bits per heavy atom. The molecule has 2 aromatic carbocycles. The van der Waals surface area contributed by atoms with Crippen LogP contribution in [-0.2, 0) is 3.07 Å². The molecule has 2 rings (SSSR count). The monoisotopic (exact) mass is 596 g/mol. The van der Waals surface area contributed by atoms with E-state index in [4.69, 9.17) is 13.7 Å². The summed E-state index contributed by atoms with van der Waals surface area (Å²) in [6.45, 7) is 26.1. The number of para-hydroxylation sites is 2. The minimum absolute atomic E-state index is 0.424. The molecule has 0 unspecified atom stereocenters. The number of benzene rings is 2. The first-order valence-corrected chi connectivity index (χ1v) is 14.5. The van der Waals surface area contributed by atoms with Crippen molar-refractivity contribution in [2.24, 2.45) is 0 Å². The molecule has 0 aliphatic rings. The van der Waals surface area contributed by atoms with E-state index in [1.165, 1.54) is 22.3 Å². The Morgan fingerprint density at radius 2 is 0.861 bits per heavy atom. The second-order valence-corrected chi connectivity index (χ2v) is 11.7. The Morgan fingerprint density at radius 1 is 0.611 bits per heavy atom. The molecular formula is C32H48N2OSn+. The van der Waals surface area contributed by atoms with E-state index in [0.29, 0.717) is 29.8 Å². The van der Waals surface area contributed by atoms with Gasteiger partial charge >= 0.3 is 46.0 Å². The standard InChI is InChI=1S/C29H41N2.C3H7O.Sn/c1-18(2)24-13-11-14-25(19(3)4)28(24)30-22(9)17-23(10)31-29-26(20(5)6)15-12-16-27(29)21(7)8;1-3(2)4;/h11-21H,1-10H3;3H,1-2H3;/q;-1;+2. The molecule has 0 amide bonds. The maximum Gasteiger partial charge on any atom is 0.0895 e. The van der Waals surface area contributed by atoms with Gasteiger partial charge in [-0.3, -0.25) is 10.6 Å². The van der Waals surface area contributed by atoms with E-state index in [1.54, 1.807) is 0 Å². The van der Waals surface area contributed by atoms with Crippen LogP contribution in [0.2, 0.25) is 0 Å². The SMILES string of the molecule is CC(C)[O][Sn+].C[C]([CH][C](C)[N]c1c(C(C)C)cccc1C(C)C)[N]c1c(C(C)C)cccc1C(C)C. The number of rotatable bonds is 11. The average molecular weight is 595 g/mol. The van der Waals surface area contributed by atoms with E-state index in [-0.39, 0.29) is 0 Å². The molecule has 2 aromatic rings. The first-order valence-electron chi connectivity index (χ1n) is 13.3. The summed E-state index contributed by atoms with van der Waals surface area (Å²) in [5, 5.41) is 10.2. The third-order valence-corrected chi connectivity index (χ3v) is 7.26. The minimum atomic E-state index is 0.424. The van der Waals surface area contributed by atoms with Crippen LogP contribution >= 0.6 is 0 Å². The molecule has 0 aromatic heterocycles. The Labute approximate surface area is 237 Å². The Balaban J connectivity index is 0.00000118. The van der Waals surface area contributed by atoms with Crippen LogP contribution in [0, 0.1) is 18.5 Å². The number of hydrogen-bond donors (Lipinski definition) is 0. The van der Waals surface area contributed by atoms with E-state index in [9.17, 15) is 0 Å². The van der Waals surface area contributed by atoms with Gasteiger partial charge in [-0.1, -0.05) is 91.8 Å². The van der Waals surface area contributed by atoms with E-state index in [1.807, 2.05) is 13.8 Å². The van der Waals surface area contributed by atoms with E-state index < -0.39 is 0 Å². The summed E-state index contributed by atoms with van der Waals surface area (Å²) < 4.78 is 4.84. The molecule has 0 atom stereocenters. The fraction of sp³-hybridized carbons (Fsp3) is 0.531. The van der Waals surface area contributed by atoms with Crippen molar-refractivity contribution in [3.05, 3.63) is 77.2 Å². The molecule has 36 heavy (non-hydrogen) atoms. The molecule has 195 valence electrons. The fourth-order valence-corrected chi connectivity index (χ4v) is 4.00. The smallest absolute Gasteiger partial charge is 0.0895 e. The zero-order valence-corrected chi connectivity index (χ0v) is 27.6. The van der Waals surface area contributed by atoms with Gasteiger partial charge in [0.25, 0.3) is 0 Å². The van der Waals surface area contributed by atoms with Gasteiger partial charge in [0.05, 0.1) is 23.5 Å². The zero-order valence-electron chi connectivity index (χ0n) is 24.7. The topological polar surface area (TPSA) is 37.4 Å². The predicted octanol–water partition coefficient (Wildman–Crippen LogP) is 9.16. The van der Waals surface area contributed by atoms with Gasteiger partial charge in [-0.25, -0.2) is 0 Å². The quantitative estimate of drug-likeness (QED) is 0.239. The molecular weight excluding hydrogens is 547 g/mol. The van der Waals surface area contributed by atoms with Crippen molar-refractivity contribution in [1.29, 1.82) is 0 Å². The molecule has 4 heteroatoms. The summed E-state index contributed by atoms with van der Waals surface area (Å²) >= 11 is 1.16. The van der Waals surface area contributed by atoms with Crippen molar-refractivity contribution in [1.82, 2.24) is 10.6 Å². The van der Waals surface area contributed by atoms with Crippen molar-refractivity contribution >= 4 is 34.3 Å². The predicted molar refractivity (Wildman–Crippen MR) is 157 cm³/mol. The van der Waals surface area contributed by atoms with Crippen LogP contribution < -0.4 is 10.6 Å². The molecule has 0 spiro atoms. The molecule has 0 aliphatic heterocycles. The molecule has 0 heterocycles. The fourth-order valence-electron chi connectivity index (χ4n) is 4.00. The van der Waals surface area contributed by atoms with Gasteiger partial charge in [-0.05, 0) is 59.8 Å². The van der Waals surface area contributed by atoms with Crippen molar-refractivity contribution in [3.63, 3.8) is 0 Å². The zero-order chi connectivity index (χ0) is 27.6. The van der Waals surface area contributed by atoms with Gasteiger partial charge < -0.3 is 0 Å². The summed E-state index contributed by atoms with van der Waals surface area (Å²) in [6.07, 6.45) is 2.54. The van der Waals surface area contributed by atoms with Gasteiger partial charge in [-0.15, -0.1) is 0 Å². The van der Waals surface area contributed by atoms with E-state index in [0.717, 1.165) is 46.4 Å². The van der Waals surface area contributed by atoms with Crippen molar-refractivity contribution in [2.45, 2.75) is 113 Å². The van der Waals surface area contributed by atoms with Crippen molar-refractivity contribution < 1.29 is 3.07 Å². The summed E-state index contributed by atoms with van der Waals surface area (Å²) in [5.74, 6) is 1.75. The van der Waals surface area contributed by atoms with Crippen LogP contribution in [0.5, 0.6) is 0 Å². The van der Waals surface area contributed by atoms with Gasteiger partial charge in [0.15, 0.2) is 0 Å². The van der Waals surface area contributed by atoms with Crippen LogP contribution in [0.25, 0.3) is 0 Å². The van der Waals surface area contributed by atoms with Gasteiger partial charge in [-0.2, -0.15) is 0 Å². The molecule has 0 bridgehead atoms. The number of hydrogen-bond acceptors (Lipinski definition) is 1. The normalized spacial score (nSPS) is 11.8. The van der Waals surface area contributed by atoms with Crippen molar-refractivity contribution in [3.8, 4) is 0 Å². The van der Waals surface area contributed by atoms with E-state index in [2.05, 4.69) is 112 Å². The van der Waals surface area contributed by atoms with Gasteiger partial charge in [0.1, 0.15) is 0 Å². The van der Waals surface area contributed by atoms with Gasteiger partial charge in [0.2, 0.25) is 0 Å². The third kappa shape index (κ3) is 10.3. The Kier molecular flexibility index (Phi) is 14.5. The molecule has 3 nitrogen and oxygen atoms in total. The summed E-state index contributed by atoms with van der Waals surface area (Å²) in [4.78, 5) is 0. The Bertz CT molecular complexity index is 783. The third-order valence-electron chi connectivity index (χ3n) is 5.91. The molecule has 0 saturated heterocycles. The maximum absolute atomic E-state index is 5.08. The van der Waals surface area contributed by atoms with Gasteiger partial charge in [0, 0.05) is 6.42 Å². The minimum Gasteiger partial charge on any atom is -0.275 e. The summed E-state index contributed by atoms with van der Waals surface area (Å²) in [5.41, 5.74) is 7.47. The van der Waals surface area contributed by atoms with E-state index >= 15 is 0 Å². The maximum atomic E-state index is 5.08. The summed E-state index contributed by atoms with van der Waals surface area (Å²) in [7, 11) is 0. The molecule has 0 aliphatic carbocycles. The molecule has 7 radical (unpaired) electrons. The van der Waals surface area contributed by atoms with Crippen LogP contribution in [0.1, 0.15) is 129 Å². The molecule has 0 saturated carbocycles. The van der Waals surface area contributed by atoms with Crippen LogP contribution in [-0.4, -0.2) is 29.0 Å². The average Bonchev–Trinajstić information content (AvgIpc) is 2.78. The largest absolute Gasteiger partial charge is 0.275 e. The second-order valence-electron chi connectivity index (χ2n) is 11.0. The first-order chi connectivity index (χ1) is 16.8. The second kappa shape index (κ2) is 15.9. The first kappa shape index (κ1) is 32.8. The number of nitrogens with zero attached hydrogens (tertiary/aromatic N) is 2. The van der Waals surface area contributed by atoms with Crippen LogP contribution in [0.4, 0.5) is 11.4 Å². The van der Waals surface area contributed by atoms with Crippen LogP contribution in [0.3, 0.4) is 0 Å². The van der Waals surface area contributed by atoms with Crippen LogP contribution in [0.15, 0.2) is 36.4 Å².